The molecule has 1 amide bonds. The third-order valence-electron chi connectivity index (χ3n) is 3.45. The fourth-order valence-electron chi connectivity index (χ4n) is 2.49. The molecule has 3 rings (SSSR count). The van der Waals surface area contributed by atoms with Gasteiger partial charge in [-0.1, -0.05) is 19.0 Å². The van der Waals surface area contributed by atoms with E-state index in [1.54, 1.807) is 10.7 Å². The molecule has 0 radical (unpaired) electrons. The van der Waals surface area contributed by atoms with Crippen molar-refractivity contribution >= 4 is 36.7 Å². The predicted molar refractivity (Wildman–Crippen MR) is 93.9 cm³/mol. The highest BCUT2D eigenvalue weighted by molar-refractivity contribution is 7.59. The van der Waals surface area contributed by atoms with Gasteiger partial charge >= 0.3 is 6.36 Å². The van der Waals surface area contributed by atoms with Crippen LogP contribution in [0.1, 0.15) is 30.9 Å². The predicted octanol–water partition coefficient (Wildman–Crippen LogP) is 4.41. The molecule has 5 nitrogen and oxygen atoms in total. The SMILES string of the molecule is C.C[C@H]1CN(c2ccc(OC(F)(F)F)c(Cl)c2)C(=O)c2ccnn21.S. The van der Waals surface area contributed by atoms with Crippen molar-refractivity contribution in [3.63, 3.8) is 0 Å². The average molecular weight is 396 g/mol. The molecule has 0 N–H and O–H groups in total. The van der Waals surface area contributed by atoms with Crippen LogP contribution in [0.25, 0.3) is 0 Å². The Hall–Kier alpha value is -1.87. The number of aromatic nitrogens is 2. The van der Waals surface area contributed by atoms with Crippen LogP contribution < -0.4 is 9.64 Å². The van der Waals surface area contributed by atoms with Gasteiger partial charge in [0.25, 0.3) is 5.91 Å². The Morgan fingerprint density at radius 2 is 2.00 bits per heavy atom. The fourth-order valence-corrected chi connectivity index (χ4v) is 2.70. The number of carbonyl (C=O) groups excluding carboxylic acids is 1. The molecular weight excluding hydrogens is 379 g/mol. The maximum Gasteiger partial charge on any atom is 0.573 e. The quantitative estimate of drug-likeness (QED) is 0.757. The lowest BCUT2D eigenvalue weighted by molar-refractivity contribution is -0.274. The van der Waals surface area contributed by atoms with Crippen LogP contribution >= 0.6 is 25.1 Å². The smallest absolute Gasteiger partial charge is 0.404 e. The first-order valence-corrected chi connectivity index (χ1v) is 7.05. The van der Waals surface area contributed by atoms with Crippen molar-refractivity contribution in [2.45, 2.75) is 26.8 Å². The van der Waals surface area contributed by atoms with E-state index in [2.05, 4.69) is 9.84 Å². The summed E-state index contributed by atoms with van der Waals surface area (Å²) >= 11 is 5.84. The Bertz CT molecular complexity index is 767. The van der Waals surface area contributed by atoms with Crippen LogP contribution in [-0.2, 0) is 0 Å². The van der Waals surface area contributed by atoms with Gasteiger partial charge in [0.2, 0.25) is 0 Å². The molecule has 1 aromatic heterocycles. The number of hydrogen-bond donors (Lipinski definition) is 0. The highest BCUT2D eigenvalue weighted by atomic mass is 35.5. The number of nitrogens with zero attached hydrogens (tertiary/aromatic N) is 3. The van der Waals surface area contributed by atoms with Crippen molar-refractivity contribution < 1.29 is 22.7 Å². The van der Waals surface area contributed by atoms with E-state index in [-0.39, 0.29) is 37.9 Å². The van der Waals surface area contributed by atoms with Crippen LogP contribution in [0.5, 0.6) is 5.75 Å². The van der Waals surface area contributed by atoms with Crippen molar-refractivity contribution in [1.82, 2.24) is 9.78 Å². The minimum Gasteiger partial charge on any atom is -0.404 e. The van der Waals surface area contributed by atoms with Gasteiger partial charge in [-0.15, -0.1) is 13.2 Å². The summed E-state index contributed by atoms with van der Waals surface area (Å²) in [6, 6.07) is 5.26. The number of hydrogen-bond acceptors (Lipinski definition) is 3. The molecule has 1 aliphatic heterocycles. The lowest BCUT2D eigenvalue weighted by atomic mass is 10.1. The molecule has 0 spiro atoms. The second kappa shape index (κ2) is 7.57. The number of rotatable bonds is 2. The lowest BCUT2D eigenvalue weighted by Crippen LogP contribution is -2.42. The maximum absolute atomic E-state index is 12.5. The molecule has 138 valence electrons. The van der Waals surface area contributed by atoms with E-state index >= 15 is 0 Å². The van der Waals surface area contributed by atoms with Crippen LogP contribution in [0, 0.1) is 0 Å². The Morgan fingerprint density at radius 1 is 1.32 bits per heavy atom. The summed E-state index contributed by atoms with van der Waals surface area (Å²) in [6.07, 6.45) is -3.30. The van der Waals surface area contributed by atoms with Gasteiger partial charge in [-0.2, -0.15) is 18.6 Å². The number of anilines is 1. The van der Waals surface area contributed by atoms with Crippen LogP contribution in [0.2, 0.25) is 5.02 Å². The van der Waals surface area contributed by atoms with Gasteiger partial charge < -0.3 is 9.64 Å². The summed E-state index contributed by atoms with van der Waals surface area (Å²) in [5, 5.41) is 3.86. The lowest BCUT2D eigenvalue weighted by Gasteiger charge is -2.32. The highest BCUT2D eigenvalue weighted by Gasteiger charge is 2.33. The van der Waals surface area contributed by atoms with Gasteiger partial charge in [0, 0.05) is 18.4 Å². The first-order chi connectivity index (χ1) is 10.8. The highest BCUT2D eigenvalue weighted by Crippen LogP contribution is 2.35. The zero-order valence-corrected chi connectivity index (χ0v) is 14.1. The van der Waals surface area contributed by atoms with Gasteiger partial charge in [0.15, 0.2) is 0 Å². The van der Waals surface area contributed by atoms with E-state index in [1.165, 1.54) is 23.2 Å². The number of ether oxygens (including phenoxy) is 1. The Labute approximate surface area is 154 Å². The minimum atomic E-state index is -4.83. The summed E-state index contributed by atoms with van der Waals surface area (Å²) in [5.74, 6) is -0.799. The van der Waals surface area contributed by atoms with E-state index in [9.17, 15) is 18.0 Å². The van der Waals surface area contributed by atoms with Gasteiger partial charge in [0.1, 0.15) is 11.4 Å². The van der Waals surface area contributed by atoms with Gasteiger partial charge in [-0.05, 0) is 31.2 Å². The molecule has 2 aromatic rings. The topological polar surface area (TPSA) is 47.4 Å². The number of halogens is 4. The molecule has 10 heteroatoms. The number of fused-ring (bicyclic) bond motifs is 1. The molecule has 2 heterocycles. The van der Waals surface area contributed by atoms with E-state index in [4.69, 9.17) is 11.6 Å². The molecule has 0 saturated carbocycles. The Kier molecular flexibility index (Phi) is 6.41. The van der Waals surface area contributed by atoms with E-state index in [0.29, 0.717) is 17.9 Å². The fraction of sp³-hybridized carbons (Fsp3) is 0.333. The molecule has 0 aliphatic carbocycles. The largest absolute Gasteiger partial charge is 0.573 e. The van der Waals surface area contributed by atoms with Crippen LogP contribution in [0.3, 0.4) is 0 Å². The van der Waals surface area contributed by atoms with Crippen LogP contribution in [0.4, 0.5) is 18.9 Å². The summed E-state index contributed by atoms with van der Waals surface area (Å²) in [4.78, 5) is 13.9. The number of alkyl halides is 3. The molecule has 1 atom stereocenters. The summed E-state index contributed by atoms with van der Waals surface area (Å²) in [7, 11) is 0. The second-order valence-corrected chi connectivity index (χ2v) is 5.50. The van der Waals surface area contributed by atoms with Crippen molar-refractivity contribution in [2.75, 3.05) is 11.4 Å². The van der Waals surface area contributed by atoms with E-state index in [1.807, 2.05) is 6.92 Å². The second-order valence-electron chi connectivity index (χ2n) is 5.09. The maximum atomic E-state index is 12.5. The Balaban J connectivity index is 0.00000156. The zero-order chi connectivity index (χ0) is 16.8. The number of amides is 1. The molecular formula is C15H17ClF3N3O2S. The van der Waals surface area contributed by atoms with Crippen molar-refractivity contribution in [3.05, 3.63) is 41.2 Å². The zero-order valence-electron chi connectivity index (χ0n) is 12.3. The average Bonchev–Trinajstić information content (AvgIpc) is 2.94. The summed E-state index contributed by atoms with van der Waals surface area (Å²) in [5.41, 5.74) is 0.810. The first-order valence-electron chi connectivity index (χ1n) is 6.67. The molecule has 0 bridgehead atoms. The third-order valence-corrected chi connectivity index (χ3v) is 3.75. The van der Waals surface area contributed by atoms with E-state index < -0.39 is 12.1 Å². The molecule has 25 heavy (non-hydrogen) atoms. The van der Waals surface area contributed by atoms with Crippen LogP contribution in [-0.4, -0.2) is 28.6 Å². The monoisotopic (exact) mass is 395 g/mol. The van der Waals surface area contributed by atoms with Gasteiger partial charge in [0.05, 0.1) is 11.1 Å². The van der Waals surface area contributed by atoms with Gasteiger partial charge in [-0.25, -0.2) is 0 Å². The third kappa shape index (κ3) is 4.21. The van der Waals surface area contributed by atoms with Crippen molar-refractivity contribution in [1.29, 1.82) is 0 Å². The molecule has 1 aliphatic rings. The molecule has 0 fully saturated rings. The minimum absolute atomic E-state index is 0. The summed E-state index contributed by atoms with van der Waals surface area (Å²) in [6.45, 7) is 2.22. The molecule has 0 saturated heterocycles. The Morgan fingerprint density at radius 3 is 2.60 bits per heavy atom. The summed E-state index contributed by atoms with van der Waals surface area (Å²) < 4.78 is 42.2. The molecule has 0 unspecified atom stereocenters. The number of carbonyl (C=O) groups is 1. The van der Waals surface area contributed by atoms with Crippen LogP contribution in [0.15, 0.2) is 30.5 Å². The first kappa shape index (κ1) is 21.2. The normalized spacial score (nSPS) is 16.6. The van der Waals surface area contributed by atoms with Gasteiger partial charge in [-0.3, -0.25) is 9.48 Å². The van der Waals surface area contributed by atoms with Crippen molar-refractivity contribution in [2.24, 2.45) is 0 Å². The standard InChI is InChI=1S/C14H11ClF3N3O2.CH4.H2S/c1-8-7-20(13(22)11-4-5-19-21(8)11)9-2-3-12(10(15)6-9)23-14(16,17)18;;/h2-6,8H,7H2,1H3;1H4;1H2/t8-;;/m0../s1. The van der Waals surface area contributed by atoms with E-state index in [0.717, 1.165) is 6.07 Å². The molecule has 1 aromatic carbocycles. The number of benzene rings is 1. The van der Waals surface area contributed by atoms with Crippen molar-refractivity contribution in [3.8, 4) is 5.75 Å².